The molecule has 7 heteroatoms. The van der Waals surface area contributed by atoms with Gasteiger partial charge in [-0.15, -0.1) is 0 Å². The molecule has 0 unspecified atom stereocenters. The van der Waals surface area contributed by atoms with Crippen molar-refractivity contribution in [1.29, 1.82) is 0 Å². The van der Waals surface area contributed by atoms with Gasteiger partial charge in [-0.25, -0.2) is 14.6 Å². The number of benzene rings is 1. The highest BCUT2D eigenvalue weighted by atomic mass is 16.5. The first-order valence-corrected chi connectivity index (χ1v) is 8.28. The average molecular weight is 337 g/mol. The standard InChI is InChI=1S/C18H19N5O2/c1-3-15(18-16(4-1)24-7-2-8-25-18)11-19-9-14-5-6-17(21-10-14)23-13-20-12-22-23/h1,3-6,10,12-13,19H,2,7-9,11H2. The molecule has 1 aliphatic rings. The minimum absolute atomic E-state index is 0.692. The third-order valence-corrected chi connectivity index (χ3v) is 3.96. The van der Waals surface area contributed by atoms with Crippen LogP contribution in [0.3, 0.4) is 0 Å². The van der Waals surface area contributed by atoms with E-state index >= 15 is 0 Å². The van der Waals surface area contributed by atoms with Crippen LogP contribution in [0.4, 0.5) is 0 Å². The molecule has 0 atom stereocenters. The van der Waals surface area contributed by atoms with Crippen LogP contribution in [0.2, 0.25) is 0 Å². The first-order chi connectivity index (χ1) is 12.4. The smallest absolute Gasteiger partial charge is 0.165 e. The molecule has 0 bridgehead atoms. The van der Waals surface area contributed by atoms with E-state index in [0.29, 0.717) is 19.8 Å². The number of hydrogen-bond donors (Lipinski definition) is 1. The lowest BCUT2D eigenvalue weighted by Crippen LogP contribution is -2.14. The van der Waals surface area contributed by atoms with Crippen LogP contribution < -0.4 is 14.8 Å². The Bertz CT molecular complexity index is 818. The molecule has 1 N–H and O–H groups in total. The van der Waals surface area contributed by atoms with E-state index in [0.717, 1.165) is 41.4 Å². The van der Waals surface area contributed by atoms with Gasteiger partial charge in [-0.3, -0.25) is 0 Å². The molecule has 3 aromatic rings. The van der Waals surface area contributed by atoms with E-state index in [4.69, 9.17) is 9.47 Å². The highest BCUT2D eigenvalue weighted by molar-refractivity contribution is 5.47. The second-order valence-electron chi connectivity index (χ2n) is 5.76. The molecule has 0 saturated heterocycles. The van der Waals surface area contributed by atoms with Gasteiger partial charge >= 0.3 is 0 Å². The molecule has 0 aliphatic carbocycles. The van der Waals surface area contributed by atoms with Gasteiger partial charge in [0.2, 0.25) is 0 Å². The molecule has 25 heavy (non-hydrogen) atoms. The lowest BCUT2D eigenvalue weighted by molar-refractivity contribution is 0.296. The lowest BCUT2D eigenvalue weighted by atomic mass is 10.1. The third-order valence-electron chi connectivity index (χ3n) is 3.96. The van der Waals surface area contributed by atoms with E-state index in [2.05, 4.69) is 26.4 Å². The molecule has 128 valence electrons. The van der Waals surface area contributed by atoms with Gasteiger partial charge in [0.25, 0.3) is 0 Å². The predicted molar refractivity (Wildman–Crippen MR) is 91.7 cm³/mol. The number of nitrogens with one attached hydrogen (secondary N) is 1. The Labute approximate surface area is 145 Å². The van der Waals surface area contributed by atoms with Crippen LogP contribution in [0.25, 0.3) is 5.82 Å². The number of rotatable bonds is 5. The molecule has 7 nitrogen and oxygen atoms in total. The molecule has 0 spiro atoms. The first-order valence-electron chi connectivity index (χ1n) is 8.28. The Morgan fingerprint density at radius 1 is 1.08 bits per heavy atom. The number of hydrogen-bond acceptors (Lipinski definition) is 6. The van der Waals surface area contributed by atoms with Gasteiger partial charge in [-0.05, 0) is 17.7 Å². The van der Waals surface area contributed by atoms with Gasteiger partial charge in [0, 0.05) is 31.3 Å². The fraction of sp³-hybridized carbons (Fsp3) is 0.278. The molecule has 1 aromatic carbocycles. The van der Waals surface area contributed by atoms with Crippen molar-refractivity contribution in [1.82, 2.24) is 25.1 Å². The van der Waals surface area contributed by atoms with Gasteiger partial charge in [-0.1, -0.05) is 18.2 Å². The van der Waals surface area contributed by atoms with Gasteiger partial charge in [-0.2, -0.15) is 5.10 Å². The van der Waals surface area contributed by atoms with Crippen molar-refractivity contribution in [2.24, 2.45) is 0 Å². The fourth-order valence-corrected chi connectivity index (χ4v) is 2.72. The average Bonchev–Trinajstić information content (AvgIpc) is 3.07. The summed E-state index contributed by atoms with van der Waals surface area (Å²) in [5.74, 6) is 2.43. The first kappa shape index (κ1) is 15.6. The third kappa shape index (κ3) is 3.61. The maximum Gasteiger partial charge on any atom is 0.165 e. The van der Waals surface area contributed by atoms with Crippen molar-refractivity contribution in [3.63, 3.8) is 0 Å². The van der Waals surface area contributed by atoms with Gasteiger partial charge in [0.15, 0.2) is 17.3 Å². The summed E-state index contributed by atoms with van der Waals surface area (Å²) < 4.78 is 13.2. The van der Waals surface area contributed by atoms with E-state index in [9.17, 15) is 0 Å². The molecular formula is C18H19N5O2. The summed E-state index contributed by atoms with van der Waals surface area (Å²) in [7, 11) is 0. The summed E-state index contributed by atoms with van der Waals surface area (Å²) in [6.45, 7) is 2.82. The van der Waals surface area contributed by atoms with Crippen molar-refractivity contribution in [3.8, 4) is 17.3 Å². The maximum absolute atomic E-state index is 5.85. The van der Waals surface area contributed by atoms with Crippen LogP contribution in [-0.4, -0.2) is 33.0 Å². The Hall–Kier alpha value is -2.93. The Kier molecular flexibility index (Phi) is 4.56. The van der Waals surface area contributed by atoms with Crippen molar-refractivity contribution in [2.45, 2.75) is 19.5 Å². The van der Waals surface area contributed by atoms with E-state index in [1.165, 1.54) is 6.33 Å². The van der Waals surface area contributed by atoms with Crippen molar-refractivity contribution in [2.75, 3.05) is 13.2 Å². The normalized spacial score (nSPS) is 13.4. The molecule has 0 fully saturated rings. The predicted octanol–water partition coefficient (Wildman–Crippen LogP) is 2.11. The zero-order chi connectivity index (χ0) is 16.9. The van der Waals surface area contributed by atoms with Gasteiger partial charge < -0.3 is 14.8 Å². The van der Waals surface area contributed by atoms with E-state index < -0.39 is 0 Å². The highest BCUT2D eigenvalue weighted by Crippen LogP contribution is 2.33. The number of para-hydroxylation sites is 1. The van der Waals surface area contributed by atoms with Crippen molar-refractivity contribution < 1.29 is 9.47 Å². The SMILES string of the molecule is c1cc(CNCc2ccc(-n3cncn3)nc2)c2c(c1)OCCCO2. The second kappa shape index (κ2) is 7.31. The van der Waals surface area contributed by atoms with Crippen molar-refractivity contribution in [3.05, 3.63) is 60.3 Å². The monoisotopic (exact) mass is 337 g/mol. The topological polar surface area (TPSA) is 74.1 Å². The molecule has 4 rings (SSSR count). The Morgan fingerprint density at radius 2 is 2.04 bits per heavy atom. The number of pyridine rings is 1. The van der Waals surface area contributed by atoms with Crippen LogP contribution in [-0.2, 0) is 13.1 Å². The minimum atomic E-state index is 0.692. The Balaban J connectivity index is 1.38. The van der Waals surface area contributed by atoms with Crippen molar-refractivity contribution >= 4 is 0 Å². The summed E-state index contributed by atoms with van der Waals surface area (Å²) in [4.78, 5) is 8.33. The van der Waals surface area contributed by atoms with E-state index in [1.54, 1.807) is 11.0 Å². The number of nitrogens with zero attached hydrogens (tertiary/aromatic N) is 4. The Morgan fingerprint density at radius 3 is 2.88 bits per heavy atom. The van der Waals surface area contributed by atoms with E-state index in [-0.39, 0.29) is 0 Å². The molecule has 0 radical (unpaired) electrons. The summed E-state index contributed by atoms with van der Waals surface area (Å²) in [5.41, 5.74) is 2.20. The number of aromatic nitrogens is 4. The van der Waals surface area contributed by atoms with Crippen LogP contribution in [0, 0.1) is 0 Å². The maximum atomic E-state index is 5.85. The van der Waals surface area contributed by atoms with Crippen LogP contribution >= 0.6 is 0 Å². The van der Waals surface area contributed by atoms with Gasteiger partial charge in [0.1, 0.15) is 12.7 Å². The summed E-state index contributed by atoms with van der Waals surface area (Å²) in [6, 6.07) is 9.97. The van der Waals surface area contributed by atoms with E-state index in [1.807, 2.05) is 30.5 Å². The molecule has 2 aromatic heterocycles. The summed E-state index contributed by atoms with van der Waals surface area (Å²) in [5, 5.41) is 7.50. The number of fused-ring (bicyclic) bond motifs is 1. The van der Waals surface area contributed by atoms with Crippen LogP contribution in [0.1, 0.15) is 17.5 Å². The summed E-state index contributed by atoms with van der Waals surface area (Å²) >= 11 is 0. The quantitative estimate of drug-likeness (QED) is 0.769. The highest BCUT2D eigenvalue weighted by Gasteiger charge is 2.13. The fourth-order valence-electron chi connectivity index (χ4n) is 2.72. The minimum Gasteiger partial charge on any atom is -0.490 e. The molecule has 1 aliphatic heterocycles. The molecule has 0 amide bonds. The number of ether oxygens (including phenoxy) is 2. The second-order valence-corrected chi connectivity index (χ2v) is 5.76. The molecule has 0 saturated carbocycles. The molecular weight excluding hydrogens is 318 g/mol. The van der Waals surface area contributed by atoms with Gasteiger partial charge in [0.05, 0.1) is 13.2 Å². The van der Waals surface area contributed by atoms with Crippen LogP contribution in [0.5, 0.6) is 11.5 Å². The largest absolute Gasteiger partial charge is 0.490 e. The molecule has 3 heterocycles. The van der Waals surface area contributed by atoms with Crippen LogP contribution in [0.15, 0.2) is 49.2 Å². The zero-order valence-electron chi connectivity index (χ0n) is 13.8. The summed E-state index contributed by atoms with van der Waals surface area (Å²) in [6.07, 6.45) is 5.87. The lowest BCUT2D eigenvalue weighted by Gasteiger charge is -2.13. The zero-order valence-corrected chi connectivity index (χ0v) is 13.8.